The van der Waals surface area contributed by atoms with Gasteiger partial charge in [0.25, 0.3) is 0 Å². The highest BCUT2D eigenvalue weighted by Gasteiger charge is 2.02. The van der Waals surface area contributed by atoms with Crippen LogP contribution in [-0.2, 0) is 5.75 Å². The van der Waals surface area contributed by atoms with Crippen LogP contribution >= 0.6 is 27.7 Å². The number of halogens is 1. The van der Waals surface area contributed by atoms with Gasteiger partial charge in [-0.25, -0.2) is 0 Å². The van der Waals surface area contributed by atoms with Crippen molar-refractivity contribution in [2.24, 2.45) is 0 Å². The Kier molecular flexibility index (Phi) is 6.18. The molecule has 0 atom stereocenters. The van der Waals surface area contributed by atoms with Gasteiger partial charge in [-0.15, -0.1) is 0 Å². The number of unbranched alkanes of at least 4 members (excludes halogenated alkanes) is 2. The Morgan fingerprint density at radius 1 is 1.33 bits per heavy atom. The van der Waals surface area contributed by atoms with Crippen LogP contribution in [0, 0.1) is 0 Å². The molecule has 0 amide bonds. The van der Waals surface area contributed by atoms with E-state index in [1.807, 2.05) is 23.9 Å². The first-order valence-electron chi connectivity index (χ1n) is 5.36. The molecule has 15 heavy (non-hydrogen) atoms. The summed E-state index contributed by atoms with van der Waals surface area (Å²) in [5.41, 5.74) is 7.95. The topological polar surface area (TPSA) is 26.0 Å². The third-order valence-corrected chi connectivity index (χ3v) is 4.32. The molecule has 1 rings (SSSR count). The second-order valence-electron chi connectivity index (χ2n) is 3.58. The summed E-state index contributed by atoms with van der Waals surface area (Å²) in [6.07, 6.45) is 3.95. The minimum absolute atomic E-state index is 0.835. The second-order valence-corrected chi connectivity index (χ2v) is 5.48. The fourth-order valence-electron chi connectivity index (χ4n) is 1.35. The van der Waals surface area contributed by atoms with E-state index < -0.39 is 0 Å². The van der Waals surface area contributed by atoms with Crippen LogP contribution in [0.3, 0.4) is 0 Å². The van der Waals surface area contributed by atoms with Gasteiger partial charge < -0.3 is 5.73 Å². The van der Waals surface area contributed by atoms with Gasteiger partial charge >= 0.3 is 0 Å². The van der Waals surface area contributed by atoms with Crippen LogP contribution in [0.25, 0.3) is 0 Å². The molecule has 0 unspecified atom stereocenters. The third kappa shape index (κ3) is 4.47. The van der Waals surface area contributed by atoms with Crippen molar-refractivity contribution in [1.82, 2.24) is 0 Å². The molecule has 1 nitrogen and oxygen atoms in total. The van der Waals surface area contributed by atoms with Crippen molar-refractivity contribution in [2.45, 2.75) is 31.9 Å². The summed E-state index contributed by atoms with van der Waals surface area (Å²) in [5.74, 6) is 2.30. The van der Waals surface area contributed by atoms with Crippen LogP contribution in [0.4, 0.5) is 5.69 Å². The Morgan fingerprint density at radius 3 is 2.87 bits per heavy atom. The predicted molar refractivity (Wildman–Crippen MR) is 74.2 cm³/mol. The van der Waals surface area contributed by atoms with Crippen LogP contribution in [0.2, 0.25) is 0 Å². The number of hydrogen-bond donors (Lipinski definition) is 1. The Labute approximate surface area is 105 Å². The Morgan fingerprint density at radius 2 is 2.13 bits per heavy atom. The molecule has 0 saturated heterocycles. The van der Waals surface area contributed by atoms with Gasteiger partial charge in [-0.3, -0.25) is 0 Å². The molecule has 0 aromatic heterocycles. The Bertz CT molecular complexity index is 302. The number of anilines is 1. The zero-order valence-corrected chi connectivity index (χ0v) is 11.5. The largest absolute Gasteiger partial charge is 0.398 e. The summed E-state index contributed by atoms with van der Waals surface area (Å²) in [7, 11) is 0. The van der Waals surface area contributed by atoms with Crippen LogP contribution in [0.5, 0.6) is 0 Å². The highest BCUT2D eigenvalue weighted by molar-refractivity contribution is 9.10. The summed E-state index contributed by atoms with van der Waals surface area (Å²) in [6, 6.07) is 6.07. The maximum absolute atomic E-state index is 5.82. The number of nitrogens with two attached hydrogens (primary N) is 1. The van der Waals surface area contributed by atoms with Crippen molar-refractivity contribution in [3.8, 4) is 0 Å². The molecule has 0 saturated carbocycles. The van der Waals surface area contributed by atoms with Gasteiger partial charge in [0.2, 0.25) is 0 Å². The molecule has 0 radical (unpaired) electrons. The van der Waals surface area contributed by atoms with Crippen LogP contribution < -0.4 is 5.73 Å². The normalized spacial score (nSPS) is 10.5. The highest BCUT2D eigenvalue weighted by Crippen LogP contribution is 2.27. The van der Waals surface area contributed by atoms with Crippen molar-refractivity contribution in [3.05, 3.63) is 28.2 Å². The molecular weight excluding hydrogens is 270 g/mol. The minimum atomic E-state index is 0.835. The smallest absolute Gasteiger partial charge is 0.0461 e. The lowest BCUT2D eigenvalue weighted by molar-refractivity contribution is 0.778. The van der Waals surface area contributed by atoms with E-state index in [0.29, 0.717) is 0 Å². The maximum Gasteiger partial charge on any atom is 0.0461 e. The van der Waals surface area contributed by atoms with Crippen molar-refractivity contribution < 1.29 is 0 Å². The number of rotatable bonds is 6. The van der Waals surface area contributed by atoms with E-state index in [1.54, 1.807) is 0 Å². The molecule has 2 N–H and O–H groups in total. The molecule has 1 aromatic rings. The number of thioether (sulfide) groups is 1. The summed E-state index contributed by atoms with van der Waals surface area (Å²) in [6.45, 7) is 2.24. The van der Waals surface area contributed by atoms with Crippen LogP contribution in [0.15, 0.2) is 22.7 Å². The summed E-state index contributed by atoms with van der Waals surface area (Å²) in [4.78, 5) is 0. The van der Waals surface area contributed by atoms with E-state index >= 15 is 0 Å². The molecule has 0 aliphatic carbocycles. The van der Waals surface area contributed by atoms with E-state index in [4.69, 9.17) is 5.73 Å². The fourth-order valence-corrected chi connectivity index (χ4v) is 2.95. The van der Waals surface area contributed by atoms with Gasteiger partial charge in [-0.2, -0.15) is 11.8 Å². The third-order valence-electron chi connectivity index (χ3n) is 2.26. The SMILES string of the molecule is CCCCCSCc1cccc(N)c1Br. The van der Waals surface area contributed by atoms with Crippen molar-refractivity contribution >= 4 is 33.4 Å². The van der Waals surface area contributed by atoms with Gasteiger partial charge in [0.05, 0.1) is 0 Å². The summed E-state index contributed by atoms with van der Waals surface area (Å²) < 4.78 is 1.06. The summed E-state index contributed by atoms with van der Waals surface area (Å²) in [5, 5.41) is 0. The first-order chi connectivity index (χ1) is 7.25. The molecular formula is C12H18BrNS. The van der Waals surface area contributed by atoms with Gasteiger partial charge in [0, 0.05) is 15.9 Å². The minimum Gasteiger partial charge on any atom is -0.398 e. The van der Waals surface area contributed by atoms with Crippen LogP contribution in [0.1, 0.15) is 31.7 Å². The molecule has 0 aliphatic heterocycles. The quantitative estimate of drug-likeness (QED) is 0.618. The van der Waals surface area contributed by atoms with Gasteiger partial charge in [-0.05, 0) is 39.7 Å². The maximum atomic E-state index is 5.82. The Hall–Kier alpha value is -0.150. The lowest BCUT2D eigenvalue weighted by atomic mass is 10.2. The first-order valence-corrected chi connectivity index (χ1v) is 7.31. The molecule has 0 spiro atoms. The first kappa shape index (κ1) is 12.9. The molecule has 0 bridgehead atoms. The predicted octanol–water partition coefficient (Wildman–Crippen LogP) is 4.45. The molecule has 0 heterocycles. The van der Waals surface area contributed by atoms with Crippen molar-refractivity contribution in [2.75, 3.05) is 11.5 Å². The molecule has 1 aromatic carbocycles. The van der Waals surface area contributed by atoms with Crippen molar-refractivity contribution in [3.63, 3.8) is 0 Å². The lowest BCUT2D eigenvalue weighted by Gasteiger charge is -2.06. The number of nitrogen functional groups attached to an aromatic ring is 1. The Balaban J connectivity index is 2.34. The molecule has 0 fully saturated rings. The van der Waals surface area contributed by atoms with E-state index in [-0.39, 0.29) is 0 Å². The average molecular weight is 288 g/mol. The zero-order chi connectivity index (χ0) is 11.1. The fraction of sp³-hybridized carbons (Fsp3) is 0.500. The molecule has 84 valence electrons. The number of benzene rings is 1. The van der Waals surface area contributed by atoms with Gasteiger partial charge in [-0.1, -0.05) is 31.9 Å². The lowest BCUT2D eigenvalue weighted by Crippen LogP contribution is -1.91. The highest BCUT2D eigenvalue weighted by atomic mass is 79.9. The molecule has 0 aliphatic rings. The van der Waals surface area contributed by atoms with Gasteiger partial charge in [0.1, 0.15) is 0 Å². The van der Waals surface area contributed by atoms with E-state index in [1.165, 1.54) is 30.6 Å². The second kappa shape index (κ2) is 7.18. The average Bonchev–Trinajstić information content (AvgIpc) is 2.24. The monoisotopic (exact) mass is 287 g/mol. The zero-order valence-electron chi connectivity index (χ0n) is 9.13. The summed E-state index contributed by atoms with van der Waals surface area (Å²) >= 11 is 5.51. The standard InChI is InChI=1S/C12H18BrNS/c1-2-3-4-8-15-9-10-6-5-7-11(14)12(10)13/h5-7H,2-4,8-9,14H2,1H3. The van der Waals surface area contributed by atoms with Crippen LogP contribution in [-0.4, -0.2) is 5.75 Å². The van der Waals surface area contributed by atoms with E-state index in [9.17, 15) is 0 Å². The molecule has 3 heteroatoms. The van der Waals surface area contributed by atoms with E-state index in [2.05, 4.69) is 28.9 Å². The van der Waals surface area contributed by atoms with Gasteiger partial charge in [0.15, 0.2) is 0 Å². The number of hydrogen-bond acceptors (Lipinski definition) is 2. The van der Waals surface area contributed by atoms with Crippen molar-refractivity contribution in [1.29, 1.82) is 0 Å². The van der Waals surface area contributed by atoms with E-state index in [0.717, 1.165) is 15.9 Å².